The average Bonchev–Trinajstić information content (AvgIpc) is 3.36. The molecule has 0 amide bonds. The lowest BCUT2D eigenvalue weighted by molar-refractivity contribution is -0.164. The standard InChI is InChI=1S/C23H29ClO3/c1-12(25)23(27-4)8-6-15-13-10-19(24)18-11-20(26)14-9-17(14)22(18,3)16(13)5-7-21(15,23)2/h10-11,13-17H,5-9H2,1-4H3/t13-,14?,15-,16+,17?,21-,22+,23-/m0/s1. The first kappa shape index (κ1) is 18.1. The minimum atomic E-state index is -0.662. The summed E-state index contributed by atoms with van der Waals surface area (Å²) < 4.78 is 5.96. The maximum absolute atomic E-state index is 12.7. The molecule has 146 valence electrons. The summed E-state index contributed by atoms with van der Waals surface area (Å²) in [6.07, 6.45) is 8.98. The summed E-state index contributed by atoms with van der Waals surface area (Å²) in [5.41, 5.74) is 0.281. The van der Waals surface area contributed by atoms with Crippen molar-refractivity contribution in [1.29, 1.82) is 0 Å². The third-order valence-electron chi connectivity index (χ3n) is 9.53. The van der Waals surface area contributed by atoms with Gasteiger partial charge in [0.25, 0.3) is 0 Å². The number of methoxy groups -OCH3 is 1. The minimum Gasteiger partial charge on any atom is -0.370 e. The Morgan fingerprint density at radius 3 is 2.56 bits per heavy atom. The van der Waals surface area contributed by atoms with Gasteiger partial charge in [0.2, 0.25) is 0 Å². The number of hydrogen-bond acceptors (Lipinski definition) is 3. The number of carbonyl (C=O) groups is 2. The normalized spacial score (nSPS) is 52.8. The zero-order valence-electron chi connectivity index (χ0n) is 16.7. The highest BCUT2D eigenvalue weighted by atomic mass is 35.5. The monoisotopic (exact) mass is 388 g/mol. The third kappa shape index (κ3) is 1.93. The number of ether oxygens (including phenoxy) is 1. The zero-order chi connectivity index (χ0) is 19.4. The summed E-state index contributed by atoms with van der Waals surface area (Å²) in [6.45, 7) is 6.32. The van der Waals surface area contributed by atoms with Gasteiger partial charge in [0.1, 0.15) is 5.60 Å². The van der Waals surface area contributed by atoms with Crippen molar-refractivity contribution in [2.24, 2.45) is 40.4 Å². The van der Waals surface area contributed by atoms with Crippen molar-refractivity contribution in [2.45, 2.75) is 58.5 Å². The number of halogens is 1. The molecule has 5 aliphatic carbocycles. The number of fused-ring (bicyclic) bond motifs is 7. The molecule has 4 heteroatoms. The van der Waals surface area contributed by atoms with Crippen molar-refractivity contribution in [1.82, 2.24) is 0 Å². The average molecular weight is 389 g/mol. The highest BCUT2D eigenvalue weighted by Gasteiger charge is 2.69. The van der Waals surface area contributed by atoms with E-state index in [1.807, 2.05) is 6.08 Å². The summed E-state index contributed by atoms with van der Waals surface area (Å²) in [6, 6.07) is 0. The Bertz CT molecular complexity index is 812. The van der Waals surface area contributed by atoms with Crippen LogP contribution in [0.2, 0.25) is 0 Å². The second kappa shape index (κ2) is 5.36. The van der Waals surface area contributed by atoms with Gasteiger partial charge in [-0.25, -0.2) is 0 Å². The lowest BCUT2D eigenvalue weighted by atomic mass is 9.47. The van der Waals surface area contributed by atoms with Gasteiger partial charge in [0.15, 0.2) is 11.6 Å². The van der Waals surface area contributed by atoms with Gasteiger partial charge in [-0.2, -0.15) is 0 Å². The van der Waals surface area contributed by atoms with E-state index in [2.05, 4.69) is 19.9 Å². The molecular weight excluding hydrogens is 360 g/mol. The molecule has 0 spiro atoms. The van der Waals surface area contributed by atoms with E-state index in [-0.39, 0.29) is 28.3 Å². The second-order valence-corrected chi connectivity index (χ2v) is 10.5. The topological polar surface area (TPSA) is 43.4 Å². The Labute approximate surface area is 166 Å². The molecule has 8 atom stereocenters. The molecule has 3 nitrogen and oxygen atoms in total. The molecule has 3 saturated carbocycles. The van der Waals surface area contributed by atoms with E-state index in [0.29, 0.717) is 23.7 Å². The first-order chi connectivity index (χ1) is 12.7. The fourth-order valence-electron chi connectivity index (χ4n) is 8.02. The lowest BCUT2D eigenvalue weighted by Crippen LogP contribution is -2.57. The minimum absolute atomic E-state index is 0.00491. The smallest absolute Gasteiger partial charge is 0.162 e. The number of Topliss-reactive ketones (excluding diaryl/α,β-unsaturated/α-hetero) is 1. The van der Waals surface area contributed by atoms with Gasteiger partial charge in [-0.05, 0) is 74.3 Å². The Hall–Kier alpha value is -0.930. The van der Waals surface area contributed by atoms with Gasteiger partial charge in [0.05, 0.1) is 0 Å². The van der Waals surface area contributed by atoms with E-state index in [1.54, 1.807) is 14.0 Å². The molecule has 5 aliphatic rings. The summed E-state index contributed by atoms with van der Waals surface area (Å²) in [5.74, 6) is 2.38. The molecule has 2 unspecified atom stereocenters. The van der Waals surface area contributed by atoms with Crippen molar-refractivity contribution < 1.29 is 14.3 Å². The molecule has 0 radical (unpaired) electrons. The highest BCUT2D eigenvalue weighted by Crippen LogP contribution is 2.72. The van der Waals surface area contributed by atoms with E-state index in [4.69, 9.17) is 16.3 Å². The van der Waals surface area contributed by atoms with Crippen LogP contribution in [0.3, 0.4) is 0 Å². The molecule has 0 aliphatic heterocycles. The quantitative estimate of drug-likeness (QED) is 0.689. The Kier molecular flexibility index (Phi) is 3.60. The molecule has 0 aromatic rings. The molecule has 0 heterocycles. The van der Waals surface area contributed by atoms with Crippen LogP contribution >= 0.6 is 11.6 Å². The van der Waals surface area contributed by atoms with Crippen LogP contribution in [0.5, 0.6) is 0 Å². The highest BCUT2D eigenvalue weighted by molar-refractivity contribution is 6.32. The van der Waals surface area contributed by atoms with Gasteiger partial charge in [-0.3, -0.25) is 9.59 Å². The first-order valence-electron chi connectivity index (χ1n) is 10.4. The van der Waals surface area contributed by atoms with Crippen molar-refractivity contribution in [3.05, 3.63) is 22.8 Å². The van der Waals surface area contributed by atoms with Gasteiger partial charge < -0.3 is 4.74 Å². The Balaban J connectivity index is 1.61. The van der Waals surface area contributed by atoms with Crippen LogP contribution in [0, 0.1) is 40.4 Å². The molecule has 27 heavy (non-hydrogen) atoms. The van der Waals surface area contributed by atoms with Crippen LogP contribution in [-0.2, 0) is 14.3 Å². The van der Waals surface area contributed by atoms with E-state index >= 15 is 0 Å². The van der Waals surface area contributed by atoms with Crippen LogP contribution in [0.25, 0.3) is 0 Å². The van der Waals surface area contributed by atoms with Gasteiger partial charge >= 0.3 is 0 Å². The molecule has 3 fully saturated rings. The zero-order valence-corrected chi connectivity index (χ0v) is 17.4. The number of hydrogen-bond donors (Lipinski definition) is 0. The fraction of sp³-hybridized carbons (Fsp3) is 0.739. The van der Waals surface area contributed by atoms with Crippen molar-refractivity contribution in [3.63, 3.8) is 0 Å². The molecular formula is C23H29ClO3. The maximum atomic E-state index is 12.7. The molecule has 0 bridgehead atoms. The molecule has 5 rings (SSSR count). The SMILES string of the molecule is CO[C@]1(C(C)=O)CC[C@H]2[C@@H]3C=C(Cl)C4=CC(=O)C5CC5[C@@]4(C)[C@@H]3CC[C@@]21C. The summed E-state index contributed by atoms with van der Waals surface area (Å²) in [4.78, 5) is 25.0. The van der Waals surface area contributed by atoms with Crippen molar-refractivity contribution in [2.75, 3.05) is 7.11 Å². The van der Waals surface area contributed by atoms with Crippen LogP contribution in [0.15, 0.2) is 22.8 Å². The second-order valence-electron chi connectivity index (χ2n) is 10.1. The van der Waals surface area contributed by atoms with Gasteiger partial charge in [-0.15, -0.1) is 0 Å². The first-order valence-corrected chi connectivity index (χ1v) is 10.8. The Morgan fingerprint density at radius 1 is 1.19 bits per heavy atom. The summed E-state index contributed by atoms with van der Waals surface area (Å²) in [7, 11) is 1.70. The van der Waals surface area contributed by atoms with Crippen molar-refractivity contribution >= 4 is 23.2 Å². The van der Waals surface area contributed by atoms with Gasteiger partial charge in [-0.1, -0.05) is 31.5 Å². The van der Waals surface area contributed by atoms with Crippen LogP contribution in [0.1, 0.15) is 52.9 Å². The predicted molar refractivity (Wildman–Crippen MR) is 104 cm³/mol. The molecule has 0 N–H and O–H groups in total. The molecule has 0 saturated heterocycles. The number of allylic oxidation sites excluding steroid dienone is 4. The number of rotatable bonds is 2. The third-order valence-corrected chi connectivity index (χ3v) is 9.86. The van der Waals surface area contributed by atoms with E-state index < -0.39 is 5.60 Å². The molecule has 0 aromatic carbocycles. The number of ketones is 2. The van der Waals surface area contributed by atoms with Crippen molar-refractivity contribution in [3.8, 4) is 0 Å². The molecule has 0 aromatic heterocycles. The summed E-state index contributed by atoms with van der Waals surface area (Å²) >= 11 is 6.79. The van der Waals surface area contributed by atoms with Crippen LogP contribution < -0.4 is 0 Å². The number of carbonyl (C=O) groups excluding carboxylic acids is 2. The van der Waals surface area contributed by atoms with E-state index in [1.165, 1.54) is 0 Å². The van der Waals surface area contributed by atoms with Gasteiger partial charge in [0, 0.05) is 28.9 Å². The predicted octanol–water partition coefficient (Wildman–Crippen LogP) is 4.69. The summed E-state index contributed by atoms with van der Waals surface area (Å²) in [5, 5.41) is 0.777. The van der Waals surface area contributed by atoms with Crippen LogP contribution in [0.4, 0.5) is 0 Å². The van der Waals surface area contributed by atoms with E-state index in [0.717, 1.165) is 42.7 Å². The Morgan fingerprint density at radius 2 is 1.89 bits per heavy atom. The van der Waals surface area contributed by atoms with E-state index in [9.17, 15) is 9.59 Å². The maximum Gasteiger partial charge on any atom is 0.162 e. The lowest BCUT2D eigenvalue weighted by Gasteiger charge is -2.58. The fourth-order valence-corrected chi connectivity index (χ4v) is 8.42. The van der Waals surface area contributed by atoms with Crippen LogP contribution in [-0.4, -0.2) is 24.3 Å². The largest absolute Gasteiger partial charge is 0.370 e.